The van der Waals surface area contributed by atoms with E-state index in [2.05, 4.69) is 27.7 Å². The van der Waals surface area contributed by atoms with Gasteiger partial charge in [0.2, 0.25) is 0 Å². The lowest BCUT2D eigenvalue weighted by Gasteiger charge is -2.37. The molecule has 1 N–H and O–H groups in total. The normalized spacial score (nSPS) is 31.8. The van der Waals surface area contributed by atoms with E-state index >= 15 is 0 Å². The number of aliphatic hydroxyl groups excluding tert-OH is 1. The summed E-state index contributed by atoms with van der Waals surface area (Å²) in [6.45, 7) is 9.18. The standard InChI is InChI=1S/C16H32O/c1-5-7-14(8-6-2)16(17)15-10-12(3)9-13(4)11-15/h12-17H,5-11H2,1-4H3. The SMILES string of the molecule is CCCC(CCC)C(O)C1CC(C)CC(C)C1. The van der Waals surface area contributed by atoms with Crippen molar-refractivity contribution in [2.45, 2.75) is 78.7 Å². The molecule has 3 unspecified atom stereocenters. The van der Waals surface area contributed by atoms with Gasteiger partial charge in [-0.1, -0.05) is 40.5 Å². The average Bonchev–Trinajstić information content (AvgIpc) is 2.26. The van der Waals surface area contributed by atoms with E-state index in [1.165, 1.54) is 44.9 Å². The largest absolute Gasteiger partial charge is 0.393 e. The van der Waals surface area contributed by atoms with Crippen molar-refractivity contribution in [1.82, 2.24) is 0 Å². The maximum absolute atomic E-state index is 10.6. The Bertz CT molecular complexity index is 186. The molecule has 0 saturated heterocycles. The minimum absolute atomic E-state index is 0.0416. The summed E-state index contributed by atoms with van der Waals surface area (Å²) in [5.41, 5.74) is 0. The van der Waals surface area contributed by atoms with Crippen LogP contribution in [0.3, 0.4) is 0 Å². The highest BCUT2D eigenvalue weighted by molar-refractivity contribution is 4.83. The fourth-order valence-corrected chi connectivity index (χ4v) is 3.90. The Labute approximate surface area is 108 Å². The molecule has 0 heterocycles. The molecule has 0 amide bonds. The van der Waals surface area contributed by atoms with Crippen LogP contribution in [0.1, 0.15) is 72.6 Å². The topological polar surface area (TPSA) is 20.2 Å². The van der Waals surface area contributed by atoms with Crippen LogP contribution < -0.4 is 0 Å². The fourth-order valence-electron chi connectivity index (χ4n) is 3.90. The van der Waals surface area contributed by atoms with Crippen LogP contribution in [0, 0.1) is 23.7 Å². The Morgan fingerprint density at radius 2 is 1.41 bits per heavy atom. The van der Waals surface area contributed by atoms with Crippen LogP contribution in [0.15, 0.2) is 0 Å². The lowest BCUT2D eigenvalue weighted by molar-refractivity contribution is 0.00664. The van der Waals surface area contributed by atoms with Gasteiger partial charge in [-0.25, -0.2) is 0 Å². The predicted octanol–water partition coefficient (Wildman–Crippen LogP) is 4.64. The second-order valence-electron chi connectivity index (χ2n) is 6.51. The van der Waals surface area contributed by atoms with E-state index in [9.17, 15) is 5.11 Å². The van der Waals surface area contributed by atoms with Gasteiger partial charge in [0, 0.05) is 0 Å². The van der Waals surface area contributed by atoms with Crippen molar-refractivity contribution in [3.63, 3.8) is 0 Å². The number of hydrogen-bond donors (Lipinski definition) is 1. The molecule has 1 saturated carbocycles. The predicted molar refractivity (Wildman–Crippen MR) is 75.0 cm³/mol. The highest BCUT2D eigenvalue weighted by Crippen LogP contribution is 2.38. The minimum atomic E-state index is -0.0416. The molecule has 17 heavy (non-hydrogen) atoms. The van der Waals surface area contributed by atoms with Crippen LogP contribution >= 0.6 is 0 Å². The van der Waals surface area contributed by atoms with Gasteiger partial charge in [-0.3, -0.25) is 0 Å². The van der Waals surface area contributed by atoms with Gasteiger partial charge in [0.15, 0.2) is 0 Å². The summed E-state index contributed by atoms with van der Waals surface area (Å²) in [7, 11) is 0. The molecule has 3 atom stereocenters. The molecule has 1 fully saturated rings. The Kier molecular flexibility index (Phi) is 6.54. The maximum Gasteiger partial charge on any atom is 0.0596 e. The van der Waals surface area contributed by atoms with E-state index in [0.717, 1.165) is 11.8 Å². The lowest BCUT2D eigenvalue weighted by Crippen LogP contribution is -2.34. The van der Waals surface area contributed by atoms with Gasteiger partial charge in [-0.15, -0.1) is 0 Å². The third-order valence-corrected chi connectivity index (χ3v) is 4.50. The number of rotatable bonds is 6. The van der Waals surface area contributed by atoms with Crippen LogP contribution in [0.4, 0.5) is 0 Å². The number of aliphatic hydroxyl groups is 1. The Hall–Kier alpha value is -0.0400. The summed E-state index contributed by atoms with van der Waals surface area (Å²) in [6.07, 6.45) is 8.63. The molecule has 0 aliphatic heterocycles. The molecule has 0 aromatic heterocycles. The van der Waals surface area contributed by atoms with E-state index in [0.29, 0.717) is 11.8 Å². The van der Waals surface area contributed by atoms with Crippen molar-refractivity contribution in [3.8, 4) is 0 Å². The first-order chi connectivity index (χ1) is 8.08. The van der Waals surface area contributed by atoms with Gasteiger partial charge in [-0.05, 0) is 55.8 Å². The molecule has 0 spiro atoms. The van der Waals surface area contributed by atoms with Crippen LogP contribution in [0.25, 0.3) is 0 Å². The second-order valence-corrected chi connectivity index (χ2v) is 6.51. The van der Waals surface area contributed by atoms with E-state index in [1.807, 2.05) is 0 Å². The molecule has 1 aliphatic carbocycles. The minimum Gasteiger partial charge on any atom is -0.393 e. The van der Waals surface area contributed by atoms with Crippen LogP contribution in [-0.4, -0.2) is 11.2 Å². The second kappa shape index (κ2) is 7.41. The first-order valence-electron chi connectivity index (χ1n) is 7.76. The molecule has 0 aromatic rings. The fraction of sp³-hybridized carbons (Fsp3) is 1.00. The summed E-state index contributed by atoms with van der Waals surface area (Å²) in [5.74, 6) is 2.73. The summed E-state index contributed by atoms with van der Waals surface area (Å²) in [4.78, 5) is 0. The van der Waals surface area contributed by atoms with Gasteiger partial charge >= 0.3 is 0 Å². The number of hydrogen-bond acceptors (Lipinski definition) is 1. The summed E-state index contributed by atoms with van der Waals surface area (Å²) in [6, 6.07) is 0. The van der Waals surface area contributed by atoms with Gasteiger partial charge in [0.1, 0.15) is 0 Å². The van der Waals surface area contributed by atoms with E-state index in [4.69, 9.17) is 0 Å². The molecule has 0 bridgehead atoms. The molecule has 1 rings (SSSR count). The van der Waals surface area contributed by atoms with Crippen molar-refractivity contribution in [2.24, 2.45) is 23.7 Å². The van der Waals surface area contributed by atoms with Crippen LogP contribution in [-0.2, 0) is 0 Å². The first kappa shape index (κ1) is 15.0. The molecule has 1 nitrogen and oxygen atoms in total. The summed E-state index contributed by atoms with van der Waals surface area (Å²) in [5, 5.41) is 10.6. The highest BCUT2D eigenvalue weighted by Gasteiger charge is 2.32. The zero-order valence-electron chi connectivity index (χ0n) is 12.3. The zero-order chi connectivity index (χ0) is 12.8. The van der Waals surface area contributed by atoms with Crippen molar-refractivity contribution in [1.29, 1.82) is 0 Å². The van der Waals surface area contributed by atoms with Crippen molar-refractivity contribution >= 4 is 0 Å². The van der Waals surface area contributed by atoms with E-state index < -0.39 is 0 Å². The molecule has 1 aliphatic rings. The van der Waals surface area contributed by atoms with E-state index in [-0.39, 0.29) is 6.10 Å². The van der Waals surface area contributed by atoms with Crippen LogP contribution in [0.2, 0.25) is 0 Å². The van der Waals surface area contributed by atoms with Crippen molar-refractivity contribution < 1.29 is 5.11 Å². The van der Waals surface area contributed by atoms with Crippen molar-refractivity contribution in [3.05, 3.63) is 0 Å². The van der Waals surface area contributed by atoms with E-state index in [1.54, 1.807) is 0 Å². The van der Waals surface area contributed by atoms with Gasteiger partial charge in [0.25, 0.3) is 0 Å². The molecule has 0 aromatic carbocycles. The average molecular weight is 240 g/mol. The third-order valence-electron chi connectivity index (χ3n) is 4.50. The van der Waals surface area contributed by atoms with Gasteiger partial charge in [0.05, 0.1) is 6.10 Å². The lowest BCUT2D eigenvalue weighted by atomic mass is 9.71. The smallest absolute Gasteiger partial charge is 0.0596 e. The Balaban J connectivity index is 2.55. The zero-order valence-corrected chi connectivity index (χ0v) is 12.3. The van der Waals surface area contributed by atoms with Gasteiger partial charge < -0.3 is 5.11 Å². The maximum atomic E-state index is 10.6. The summed E-state index contributed by atoms with van der Waals surface area (Å²) < 4.78 is 0. The quantitative estimate of drug-likeness (QED) is 0.717. The third kappa shape index (κ3) is 4.62. The Morgan fingerprint density at radius 3 is 1.82 bits per heavy atom. The molecule has 0 radical (unpaired) electrons. The molecule has 1 heteroatoms. The molecule has 102 valence electrons. The first-order valence-corrected chi connectivity index (χ1v) is 7.76. The van der Waals surface area contributed by atoms with Gasteiger partial charge in [-0.2, -0.15) is 0 Å². The van der Waals surface area contributed by atoms with Crippen LogP contribution in [0.5, 0.6) is 0 Å². The summed E-state index contributed by atoms with van der Waals surface area (Å²) >= 11 is 0. The molecular weight excluding hydrogens is 208 g/mol. The highest BCUT2D eigenvalue weighted by atomic mass is 16.3. The Morgan fingerprint density at radius 1 is 0.941 bits per heavy atom. The van der Waals surface area contributed by atoms with Crippen molar-refractivity contribution in [2.75, 3.05) is 0 Å². The molecular formula is C16H32O. The monoisotopic (exact) mass is 240 g/mol.